The Kier molecular flexibility index (Phi) is 4.61. The van der Waals surface area contributed by atoms with E-state index in [0.717, 1.165) is 22.2 Å². The molecule has 0 aliphatic carbocycles. The summed E-state index contributed by atoms with van der Waals surface area (Å²) >= 11 is 0. The van der Waals surface area contributed by atoms with Crippen molar-refractivity contribution in [3.63, 3.8) is 0 Å². The first-order chi connectivity index (χ1) is 12.0. The zero-order valence-electron chi connectivity index (χ0n) is 14.1. The molecule has 2 aromatic carbocycles. The summed E-state index contributed by atoms with van der Waals surface area (Å²) in [5.41, 5.74) is 6.56. The SMILES string of the molecule is CC(=N)N/N=C(\C)c1ccc(NC(=O)c2c[nH]c3ccccc23)cc1. The molecule has 0 saturated carbocycles. The number of aromatic nitrogens is 1. The lowest BCUT2D eigenvalue weighted by atomic mass is 10.1. The summed E-state index contributed by atoms with van der Waals surface area (Å²) in [7, 11) is 0. The Hall–Kier alpha value is -3.41. The van der Waals surface area contributed by atoms with Gasteiger partial charge in [-0.05, 0) is 37.6 Å². The number of aromatic amines is 1. The molecule has 1 heterocycles. The average Bonchev–Trinajstić information content (AvgIpc) is 3.04. The molecule has 0 bridgehead atoms. The van der Waals surface area contributed by atoms with E-state index in [1.54, 1.807) is 13.1 Å². The van der Waals surface area contributed by atoms with E-state index in [2.05, 4.69) is 20.8 Å². The van der Waals surface area contributed by atoms with E-state index in [1.165, 1.54) is 0 Å². The number of carbonyl (C=O) groups excluding carboxylic acids is 1. The van der Waals surface area contributed by atoms with Crippen molar-refractivity contribution in [3.05, 3.63) is 65.9 Å². The molecular formula is C19H19N5O. The van der Waals surface area contributed by atoms with Crippen LogP contribution in [0.25, 0.3) is 10.9 Å². The van der Waals surface area contributed by atoms with Crippen molar-refractivity contribution in [2.24, 2.45) is 5.10 Å². The molecular weight excluding hydrogens is 314 g/mol. The molecule has 0 aliphatic heterocycles. The number of nitrogens with zero attached hydrogens (tertiary/aromatic N) is 1. The Labute approximate surface area is 145 Å². The minimum absolute atomic E-state index is 0.156. The maximum absolute atomic E-state index is 12.5. The van der Waals surface area contributed by atoms with Crippen LogP contribution in [0.5, 0.6) is 0 Å². The maximum Gasteiger partial charge on any atom is 0.257 e. The highest BCUT2D eigenvalue weighted by Crippen LogP contribution is 2.19. The van der Waals surface area contributed by atoms with E-state index < -0.39 is 0 Å². The minimum Gasteiger partial charge on any atom is -0.360 e. The Bertz CT molecular complexity index is 953. The van der Waals surface area contributed by atoms with Crippen LogP contribution < -0.4 is 10.7 Å². The van der Waals surface area contributed by atoms with Gasteiger partial charge < -0.3 is 10.3 Å². The molecule has 0 atom stereocenters. The monoisotopic (exact) mass is 333 g/mol. The molecule has 0 saturated heterocycles. The van der Waals surface area contributed by atoms with Crippen LogP contribution in [0.15, 0.2) is 59.8 Å². The predicted octanol–water partition coefficient (Wildman–Crippen LogP) is 3.73. The lowest BCUT2D eigenvalue weighted by Gasteiger charge is -2.06. The number of hydrogen-bond acceptors (Lipinski definition) is 3. The van der Waals surface area contributed by atoms with E-state index in [0.29, 0.717) is 11.3 Å². The van der Waals surface area contributed by atoms with E-state index in [1.807, 2.05) is 55.5 Å². The van der Waals surface area contributed by atoms with Crippen molar-refractivity contribution in [1.82, 2.24) is 10.4 Å². The molecule has 1 amide bonds. The van der Waals surface area contributed by atoms with Gasteiger partial charge in [-0.15, -0.1) is 0 Å². The first kappa shape index (κ1) is 16.4. The third-order valence-corrected chi connectivity index (χ3v) is 3.79. The van der Waals surface area contributed by atoms with Crippen LogP contribution in [0.3, 0.4) is 0 Å². The lowest BCUT2D eigenvalue weighted by molar-refractivity contribution is 0.102. The molecule has 6 heteroatoms. The number of hydrazone groups is 1. The summed E-state index contributed by atoms with van der Waals surface area (Å²) in [6.45, 7) is 3.48. The van der Waals surface area contributed by atoms with Gasteiger partial charge in [-0.25, -0.2) is 0 Å². The number of H-pyrrole nitrogens is 1. The van der Waals surface area contributed by atoms with Crippen molar-refractivity contribution in [3.8, 4) is 0 Å². The molecule has 3 rings (SSSR count). The Morgan fingerprint density at radius 3 is 2.52 bits per heavy atom. The molecule has 0 fully saturated rings. The highest BCUT2D eigenvalue weighted by atomic mass is 16.1. The van der Waals surface area contributed by atoms with Crippen molar-refractivity contribution < 1.29 is 4.79 Å². The van der Waals surface area contributed by atoms with Crippen molar-refractivity contribution >= 4 is 34.0 Å². The Morgan fingerprint density at radius 2 is 1.80 bits per heavy atom. The fourth-order valence-corrected chi connectivity index (χ4v) is 2.48. The summed E-state index contributed by atoms with van der Waals surface area (Å²) in [5.74, 6) is 0.124. The second-order valence-corrected chi connectivity index (χ2v) is 5.71. The van der Waals surface area contributed by atoms with E-state index in [4.69, 9.17) is 5.41 Å². The molecule has 1 aromatic heterocycles. The third-order valence-electron chi connectivity index (χ3n) is 3.79. The Balaban J connectivity index is 1.74. The first-order valence-electron chi connectivity index (χ1n) is 7.88. The number of anilines is 1. The predicted molar refractivity (Wildman–Crippen MR) is 101 cm³/mol. The fraction of sp³-hybridized carbons (Fsp3) is 0.105. The summed E-state index contributed by atoms with van der Waals surface area (Å²) in [5, 5.41) is 15.2. The molecule has 0 spiro atoms. The van der Waals surface area contributed by atoms with Gasteiger partial charge in [0.15, 0.2) is 0 Å². The number of hydrogen-bond donors (Lipinski definition) is 4. The van der Waals surface area contributed by atoms with E-state index in [9.17, 15) is 4.79 Å². The molecule has 126 valence electrons. The van der Waals surface area contributed by atoms with Gasteiger partial charge in [0, 0.05) is 22.8 Å². The quantitative estimate of drug-likeness (QED) is 0.333. The van der Waals surface area contributed by atoms with E-state index in [-0.39, 0.29) is 11.7 Å². The Morgan fingerprint density at radius 1 is 1.08 bits per heavy atom. The van der Waals surface area contributed by atoms with Crippen LogP contribution in [0, 0.1) is 5.41 Å². The highest BCUT2D eigenvalue weighted by molar-refractivity contribution is 6.12. The van der Waals surface area contributed by atoms with Gasteiger partial charge in [0.1, 0.15) is 5.84 Å². The number of amides is 1. The van der Waals surface area contributed by atoms with Gasteiger partial charge in [0.2, 0.25) is 0 Å². The number of rotatable bonds is 4. The van der Waals surface area contributed by atoms with Gasteiger partial charge >= 0.3 is 0 Å². The van der Waals surface area contributed by atoms with Gasteiger partial charge in [0.05, 0.1) is 11.3 Å². The average molecular weight is 333 g/mol. The molecule has 0 aliphatic rings. The van der Waals surface area contributed by atoms with Crippen molar-refractivity contribution in [2.75, 3.05) is 5.32 Å². The maximum atomic E-state index is 12.5. The molecule has 25 heavy (non-hydrogen) atoms. The number of benzene rings is 2. The number of amidine groups is 1. The third kappa shape index (κ3) is 3.74. The summed E-state index contributed by atoms with van der Waals surface area (Å²) < 4.78 is 0. The molecule has 0 unspecified atom stereocenters. The van der Waals surface area contributed by atoms with Crippen LogP contribution in [-0.2, 0) is 0 Å². The second-order valence-electron chi connectivity index (χ2n) is 5.71. The molecule has 6 nitrogen and oxygen atoms in total. The largest absolute Gasteiger partial charge is 0.360 e. The van der Waals surface area contributed by atoms with Crippen LogP contribution in [0.4, 0.5) is 5.69 Å². The summed E-state index contributed by atoms with van der Waals surface area (Å²) in [6.07, 6.45) is 1.72. The van der Waals surface area contributed by atoms with Crippen molar-refractivity contribution in [1.29, 1.82) is 5.41 Å². The summed E-state index contributed by atoms with van der Waals surface area (Å²) in [4.78, 5) is 15.6. The van der Waals surface area contributed by atoms with Crippen LogP contribution in [-0.4, -0.2) is 22.4 Å². The first-order valence-corrected chi connectivity index (χ1v) is 7.88. The van der Waals surface area contributed by atoms with Gasteiger partial charge in [0.25, 0.3) is 5.91 Å². The smallest absolute Gasteiger partial charge is 0.257 e. The zero-order valence-corrected chi connectivity index (χ0v) is 14.1. The van der Waals surface area contributed by atoms with Crippen LogP contribution in [0.2, 0.25) is 0 Å². The van der Waals surface area contributed by atoms with Crippen LogP contribution >= 0.6 is 0 Å². The summed E-state index contributed by atoms with van der Waals surface area (Å²) in [6, 6.07) is 15.1. The fourth-order valence-electron chi connectivity index (χ4n) is 2.48. The number of nitrogens with one attached hydrogen (secondary N) is 4. The number of fused-ring (bicyclic) bond motifs is 1. The van der Waals surface area contributed by atoms with Crippen molar-refractivity contribution in [2.45, 2.75) is 13.8 Å². The van der Waals surface area contributed by atoms with Gasteiger partial charge in [-0.1, -0.05) is 30.3 Å². The lowest BCUT2D eigenvalue weighted by Crippen LogP contribution is -2.14. The minimum atomic E-state index is -0.156. The topological polar surface area (TPSA) is 93.1 Å². The molecule has 0 radical (unpaired) electrons. The standard InChI is InChI=1S/C19H19N5O/c1-12(23-24-13(2)20)14-7-9-15(10-8-14)22-19(25)17-11-21-18-6-4-3-5-16(17)18/h3-11,21H,1-2H3,(H2,20,24)(H,22,25)/b23-12+. The van der Waals surface area contributed by atoms with E-state index >= 15 is 0 Å². The number of para-hydroxylation sites is 1. The number of carbonyl (C=O) groups is 1. The second kappa shape index (κ2) is 7.00. The van der Waals surface area contributed by atoms with Gasteiger partial charge in [-0.2, -0.15) is 5.10 Å². The molecule has 4 N–H and O–H groups in total. The van der Waals surface area contributed by atoms with Gasteiger partial charge in [-0.3, -0.25) is 15.6 Å². The highest BCUT2D eigenvalue weighted by Gasteiger charge is 2.11. The normalized spacial score (nSPS) is 11.4. The van der Waals surface area contributed by atoms with Crippen LogP contribution in [0.1, 0.15) is 29.8 Å². The molecule has 3 aromatic rings. The zero-order chi connectivity index (χ0) is 17.8.